The summed E-state index contributed by atoms with van der Waals surface area (Å²) >= 11 is 0. The average Bonchev–Trinajstić information content (AvgIpc) is 2.76. The summed E-state index contributed by atoms with van der Waals surface area (Å²) in [6.45, 7) is 9.64. The second-order valence-electron chi connectivity index (χ2n) is 7.81. The van der Waals surface area contributed by atoms with Gasteiger partial charge >= 0.3 is 0 Å². The highest BCUT2D eigenvalue weighted by atomic mass is 127. The molecule has 0 bridgehead atoms. The molecule has 1 aliphatic rings. The summed E-state index contributed by atoms with van der Waals surface area (Å²) in [7, 11) is 3.95. The van der Waals surface area contributed by atoms with E-state index in [0.717, 1.165) is 49.3 Å². The lowest BCUT2D eigenvalue weighted by atomic mass is 10.2. The first-order valence-electron chi connectivity index (χ1n) is 10.6. The van der Waals surface area contributed by atoms with E-state index in [1.165, 1.54) is 5.56 Å². The maximum Gasteiger partial charge on any atom is 0.191 e. The van der Waals surface area contributed by atoms with Crippen molar-refractivity contribution < 1.29 is 4.74 Å². The van der Waals surface area contributed by atoms with Crippen molar-refractivity contribution in [2.24, 2.45) is 4.99 Å². The van der Waals surface area contributed by atoms with E-state index < -0.39 is 0 Å². The maximum atomic E-state index is 6.03. The van der Waals surface area contributed by atoms with Gasteiger partial charge in [-0.05, 0) is 50.2 Å². The standard InChI is InChI=1S/C23H34N6O.HI/c1-18-7-5-6-8-21(18)30-19(2)16-26-23(24-3)27-17-20-9-10-25-22(15-20)29-13-11-28(4)12-14-29;/h5-10,15,19H,11-14,16-17H2,1-4H3,(H2,24,26,27);1H. The number of pyridine rings is 1. The molecule has 1 aliphatic heterocycles. The lowest BCUT2D eigenvalue weighted by Gasteiger charge is -2.33. The fraction of sp³-hybridized carbons (Fsp3) is 0.478. The van der Waals surface area contributed by atoms with Crippen molar-refractivity contribution >= 4 is 35.8 Å². The summed E-state index contributed by atoms with van der Waals surface area (Å²) in [5, 5.41) is 6.73. The molecule has 1 aromatic carbocycles. The smallest absolute Gasteiger partial charge is 0.191 e. The van der Waals surface area contributed by atoms with Crippen LogP contribution < -0.4 is 20.3 Å². The third-order valence-corrected chi connectivity index (χ3v) is 5.30. The van der Waals surface area contributed by atoms with E-state index in [2.05, 4.69) is 63.4 Å². The van der Waals surface area contributed by atoms with E-state index >= 15 is 0 Å². The van der Waals surface area contributed by atoms with Crippen LogP contribution in [0.3, 0.4) is 0 Å². The second kappa shape index (κ2) is 12.7. The molecule has 7 nitrogen and oxygen atoms in total. The van der Waals surface area contributed by atoms with Crippen LogP contribution in [0.25, 0.3) is 0 Å². The number of aromatic nitrogens is 1. The molecule has 0 aliphatic carbocycles. The normalized spacial score (nSPS) is 15.7. The Hall–Kier alpha value is -2.07. The van der Waals surface area contributed by atoms with E-state index in [0.29, 0.717) is 13.1 Å². The van der Waals surface area contributed by atoms with Gasteiger partial charge < -0.3 is 25.2 Å². The summed E-state index contributed by atoms with van der Waals surface area (Å²) in [5.74, 6) is 2.72. The van der Waals surface area contributed by atoms with Gasteiger partial charge in [-0.1, -0.05) is 18.2 Å². The highest BCUT2D eigenvalue weighted by Crippen LogP contribution is 2.17. The van der Waals surface area contributed by atoms with Gasteiger partial charge in [-0.25, -0.2) is 4.98 Å². The zero-order chi connectivity index (χ0) is 21.3. The predicted octanol–water partition coefficient (Wildman–Crippen LogP) is 2.89. The van der Waals surface area contributed by atoms with Crippen molar-refractivity contribution in [2.45, 2.75) is 26.5 Å². The molecule has 31 heavy (non-hydrogen) atoms. The fourth-order valence-electron chi connectivity index (χ4n) is 3.37. The monoisotopic (exact) mass is 538 g/mol. The molecule has 1 fully saturated rings. The third kappa shape index (κ3) is 7.84. The number of piperazine rings is 1. The molecular formula is C23H35IN6O. The Kier molecular flexibility index (Phi) is 10.3. The van der Waals surface area contributed by atoms with Crippen molar-refractivity contribution in [1.29, 1.82) is 0 Å². The van der Waals surface area contributed by atoms with Crippen LogP contribution in [0, 0.1) is 6.92 Å². The van der Waals surface area contributed by atoms with E-state index in [1.807, 2.05) is 30.5 Å². The van der Waals surface area contributed by atoms with Gasteiger partial charge in [0.1, 0.15) is 17.7 Å². The van der Waals surface area contributed by atoms with Crippen molar-refractivity contribution in [3.8, 4) is 5.75 Å². The Bertz CT molecular complexity index is 838. The summed E-state index contributed by atoms with van der Waals surface area (Å²) in [6, 6.07) is 12.3. The Morgan fingerprint density at radius 2 is 1.90 bits per heavy atom. The second-order valence-corrected chi connectivity index (χ2v) is 7.81. The van der Waals surface area contributed by atoms with Gasteiger partial charge in [0, 0.05) is 46.0 Å². The number of aryl methyl sites for hydroxylation is 1. The van der Waals surface area contributed by atoms with Gasteiger partial charge in [-0.2, -0.15) is 0 Å². The SMILES string of the molecule is CN=C(NCc1ccnc(N2CCN(C)CC2)c1)NCC(C)Oc1ccccc1C.I. The Morgan fingerprint density at radius 3 is 2.61 bits per heavy atom. The van der Waals surface area contributed by atoms with Gasteiger partial charge in [0.15, 0.2) is 5.96 Å². The average molecular weight is 538 g/mol. The van der Waals surface area contributed by atoms with Crippen LogP contribution in [0.15, 0.2) is 47.6 Å². The topological polar surface area (TPSA) is 65.0 Å². The lowest BCUT2D eigenvalue weighted by Crippen LogP contribution is -2.44. The molecule has 1 saturated heterocycles. The summed E-state index contributed by atoms with van der Waals surface area (Å²) in [5.41, 5.74) is 2.33. The Balaban J connectivity index is 0.00000341. The number of halogens is 1. The Morgan fingerprint density at radius 1 is 1.16 bits per heavy atom. The molecule has 2 N–H and O–H groups in total. The minimum absolute atomic E-state index is 0. The van der Waals surface area contributed by atoms with Crippen LogP contribution in [0.4, 0.5) is 5.82 Å². The molecule has 2 aromatic rings. The van der Waals surface area contributed by atoms with E-state index in [4.69, 9.17) is 4.74 Å². The van der Waals surface area contributed by atoms with Crippen molar-refractivity contribution in [3.05, 3.63) is 53.7 Å². The summed E-state index contributed by atoms with van der Waals surface area (Å²) < 4.78 is 6.03. The fourth-order valence-corrected chi connectivity index (χ4v) is 3.37. The van der Waals surface area contributed by atoms with E-state index in [9.17, 15) is 0 Å². The molecule has 170 valence electrons. The summed E-state index contributed by atoms with van der Waals surface area (Å²) in [4.78, 5) is 13.6. The van der Waals surface area contributed by atoms with Crippen LogP contribution in [0.5, 0.6) is 5.75 Å². The highest BCUT2D eigenvalue weighted by molar-refractivity contribution is 14.0. The van der Waals surface area contributed by atoms with Crippen LogP contribution in [-0.4, -0.2) is 68.8 Å². The predicted molar refractivity (Wildman–Crippen MR) is 139 cm³/mol. The minimum Gasteiger partial charge on any atom is -0.489 e. The molecular weight excluding hydrogens is 503 g/mol. The van der Waals surface area contributed by atoms with E-state index in [1.54, 1.807) is 7.05 Å². The molecule has 1 unspecified atom stereocenters. The number of nitrogens with one attached hydrogen (secondary N) is 2. The van der Waals surface area contributed by atoms with Crippen LogP contribution in [0.1, 0.15) is 18.1 Å². The number of nitrogens with zero attached hydrogens (tertiary/aromatic N) is 4. The number of anilines is 1. The number of guanidine groups is 1. The molecule has 0 saturated carbocycles. The molecule has 0 spiro atoms. The van der Waals surface area contributed by atoms with Gasteiger partial charge in [0.25, 0.3) is 0 Å². The third-order valence-electron chi connectivity index (χ3n) is 5.30. The number of hydrogen-bond acceptors (Lipinski definition) is 5. The number of likely N-dealkylation sites (N-methyl/N-ethyl adjacent to an activating group) is 1. The number of rotatable bonds is 7. The molecule has 2 heterocycles. The van der Waals surface area contributed by atoms with E-state index in [-0.39, 0.29) is 30.1 Å². The first kappa shape index (κ1) is 25.2. The van der Waals surface area contributed by atoms with Gasteiger partial charge in [0.05, 0.1) is 6.54 Å². The molecule has 3 rings (SSSR count). The van der Waals surface area contributed by atoms with Crippen LogP contribution in [0.2, 0.25) is 0 Å². The lowest BCUT2D eigenvalue weighted by molar-refractivity contribution is 0.222. The minimum atomic E-state index is 0. The van der Waals surface area contributed by atoms with Crippen LogP contribution >= 0.6 is 24.0 Å². The number of aliphatic imine (C=N–C) groups is 1. The van der Waals surface area contributed by atoms with Gasteiger partial charge in [-0.3, -0.25) is 4.99 Å². The molecule has 1 aromatic heterocycles. The first-order valence-corrected chi connectivity index (χ1v) is 10.6. The van der Waals surface area contributed by atoms with Crippen molar-refractivity contribution in [3.63, 3.8) is 0 Å². The number of ether oxygens (including phenoxy) is 1. The quantitative estimate of drug-likeness (QED) is 0.321. The zero-order valence-corrected chi connectivity index (χ0v) is 21.3. The zero-order valence-electron chi connectivity index (χ0n) is 19.0. The first-order chi connectivity index (χ1) is 14.5. The summed E-state index contributed by atoms with van der Waals surface area (Å²) in [6.07, 6.45) is 1.91. The molecule has 1 atom stereocenters. The highest BCUT2D eigenvalue weighted by Gasteiger charge is 2.15. The maximum absolute atomic E-state index is 6.03. The number of benzene rings is 1. The molecule has 0 radical (unpaired) electrons. The molecule has 0 amide bonds. The number of para-hydroxylation sites is 1. The largest absolute Gasteiger partial charge is 0.489 e. The number of hydrogen-bond donors (Lipinski definition) is 2. The van der Waals surface area contributed by atoms with Crippen LogP contribution in [-0.2, 0) is 6.54 Å². The van der Waals surface area contributed by atoms with Crippen molar-refractivity contribution in [1.82, 2.24) is 20.5 Å². The van der Waals surface area contributed by atoms with Gasteiger partial charge in [-0.15, -0.1) is 24.0 Å². The van der Waals surface area contributed by atoms with Crippen molar-refractivity contribution in [2.75, 3.05) is 51.7 Å². The van der Waals surface area contributed by atoms with Gasteiger partial charge in [0.2, 0.25) is 0 Å². The molecule has 8 heteroatoms. The Labute approximate surface area is 203 Å².